The molecule has 0 aliphatic carbocycles. The number of nitrogens with two attached hydrogens (primary N) is 1. The van der Waals surface area contributed by atoms with Crippen LogP contribution < -0.4 is 16.0 Å². The van der Waals surface area contributed by atoms with E-state index in [0.717, 1.165) is 49.0 Å². The van der Waals surface area contributed by atoms with E-state index in [1.807, 2.05) is 29.8 Å². The molecule has 2 heterocycles. The fourth-order valence-corrected chi connectivity index (χ4v) is 4.79. The van der Waals surface area contributed by atoms with Crippen LogP contribution in [0.3, 0.4) is 0 Å². The number of amidine groups is 1. The number of nitrogens with one attached hydrogen (secondary N) is 1. The number of hydrogen-bond acceptors (Lipinski definition) is 9. The number of aromatic nitrogens is 3. The largest absolute Gasteiger partial charge is 0.466 e. The van der Waals surface area contributed by atoms with Gasteiger partial charge in [0, 0.05) is 42.9 Å². The zero-order chi connectivity index (χ0) is 37.4. The van der Waals surface area contributed by atoms with Crippen LogP contribution in [0.4, 0.5) is 16.3 Å². The predicted molar refractivity (Wildman–Crippen MR) is 202 cm³/mol. The van der Waals surface area contributed by atoms with Gasteiger partial charge in [-0.05, 0) is 73.8 Å². The molecule has 1 atom stereocenters. The molecule has 2 aromatic heterocycles. The van der Waals surface area contributed by atoms with Gasteiger partial charge in [-0.25, -0.2) is 19.0 Å². The fourth-order valence-electron chi connectivity index (χ4n) is 4.79. The number of carbonyl (C=O) groups is 3. The standard InChI is InChI=1S/C34H41N7O5.C2H6O2S/c1-4-6-7-10-21-46-34(44)39-32(35)24-12-15-26(16-13-24)37-23-30-38-27-22-25(14-17-28(27)40(30)3)33(43)41(20-18-31(42)45-5-2)29-11-8-9-19-36-29;1-5(2,3)4/h8-9,11-17,19,22,37H,4-7,10,18,20-21,23H2,1-3H3,(H2,35,39,44);1H2,2H3,(H,3,4). The van der Waals surface area contributed by atoms with Crippen molar-refractivity contribution in [2.75, 3.05) is 36.2 Å². The van der Waals surface area contributed by atoms with Crippen LogP contribution >= 0.6 is 0 Å². The molecule has 4 N–H and O–H groups in total. The Hall–Kier alpha value is -5.28. The minimum Gasteiger partial charge on any atom is -0.466 e. The maximum atomic E-state index is 13.6. The van der Waals surface area contributed by atoms with E-state index in [2.05, 4.69) is 28.1 Å². The molecule has 0 saturated carbocycles. The van der Waals surface area contributed by atoms with E-state index in [4.69, 9.17) is 24.7 Å². The van der Waals surface area contributed by atoms with Gasteiger partial charge in [-0.3, -0.25) is 14.5 Å². The number of benzene rings is 2. The highest BCUT2D eigenvalue weighted by molar-refractivity contribution is 7.94. The molecule has 0 aliphatic rings. The number of aryl methyl sites for hydroxylation is 1. The molecule has 2 aromatic carbocycles. The number of pyridine rings is 1. The van der Waals surface area contributed by atoms with Gasteiger partial charge in [0.1, 0.15) is 17.5 Å². The quantitative estimate of drug-likeness (QED) is 0.0468. The SMILES string of the molecule is C=S(C)(=O)O.CCCCCCOC(=O)N=C(N)c1ccc(NCc2nc3cc(C(=O)N(CCC(=O)OCC)c4ccccn4)ccc3n2C)cc1. The van der Waals surface area contributed by atoms with Crippen LogP contribution in [0.5, 0.6) is 0 Å². The van der Waals surface area contributed by atoms with E-state index in [9.17, 15) is 18.6 Å². The number of amides is 2. The molecule has 0 radical (unpaired) electrons. The Balaban J connectivity index is 0.00000131. The Morgan fingerprint density at radius 1 is 1.04 bits per heavy atom. The van der Waals surface area contributed by atoms with Gasteiger partial charge < -0.3 is 29.6 Å². The zero-order valence-electron chi connectivity index (χ0n) is 29.5. The van der Waals surface area contributed by atoms with E-state index in [1.165, 1.54) is 4.90 Å². The molecule has 4 rings (SSSR count). The smallest absolute Gasteiger partial charge is 0.435 e. The molecule has 0 saturated heterocycles. The molecule has 0 fully saturated rings. The van der Waals surface area contributed by atoms with Crippen molar-refractivity contribution in [3.63, 3.8) is 0 Å². The maximum absolute atomic E-state index is 13.6. The highest BCUT2D eigenvalue weighted by Crippen LogP contribution is 2.21. The Bertz CT molecular complexity index is 1890. The van der Waals surface area contributed by atoms with Gasteiger partial charge in [0.2, 0.25) is 0 Å². The summed E-state index contributed by atoms with van der Waals surface area (Å²) in [6.45, 7) is 5.02. The molecule has 1 unspecified atom stereocenters. The van der Waals surface area contributed by atoms with Gasteiger partial charge in [0.05, 0.1) is 47.0 Å². The van der Waals surface area contributed by atoms with Gasteiger partial charge in [0.25, 0.3) is 5.91 Å². The van der Waals surface area contributed by atoms with Crippen molar-refractivity contribution in [1.82, 2.24) is 14.5 Å². The van der Waals surface area contributed by atoms with Crippen molar-refractivity contribution in [2.24, 2.45) is 17.8 Å². The summed E-state index contributed by atoms with van der Waals surface area (Å²) in [5, 5.41) is 3.35. The monoisotopic (exact) mass is 721 g/mol. The number of anilines is 2. The number of aliphatic imine (C=N–C) groups is 1. The molecule has 0 bridgehead atoms. The summed E-state index contributed by atoms with van der Waals surface area (Å²) < 4.78 is 29.7. The van der Waals surface area contributed by atoms with Crippen LogP contribution in [-0.4, -0.2) is 79.0 Å². The van der Waals surface area contributed by atoms with E-state index in [1.54, 1.807) is 55.6 Å². The molecule has 2 amide bonds. The fraction of sp³-hybridized carbons (Fsp3) is 0.361. The van der Waals surface area contributed by atoms with Crippen molar-refractivity contribution in [1.29, 1.82) is 0 Å². The Morgan fingerprint density at radius 2 is 1.75 bits per heavy atom. The Kier molecular flexibility index (Phi) is 15.6. The summed E-state index contributed by atoms with van der Waals surface area (Å²) in [6.07, 6.45) is 6.15. The van der Waals surface area contributed by atoms with E-state index in [0.29, 0.717) is 35.6 Å². The molecule has 15 heteroatoms. The first-order chi connectivity index (χ1) is 24.3. The van der Waals surface area contributed by atoms with Crippen molar-refractivity contribution >= 4 is 62.0 Å². The average molecular weight is 722 g/mol. The second-order valence-electron chi connectivity index (χ2n) is 11.6. The van der Waals surface area contributed by atoms with Crippen LogP contribution in [0.25, 0.3) is 11.0 Å². The minimum atomic E-state index is -2.67. The topological polar surface area (TPSA) is 191 Å². The number of fused-ring (bicyclic) bond motifs is 1. The molecule has 51 heavy (non-hydrogen) atoms. The number of hydrogen-bond donors (Lipinski definition) is 3. The molecular formula is C36H47N7O7S. The highest BCUT2D eigenvalue weighted by atomic mass is 32.2. The summed E-state index contributed by atoms with van der Waals surface area (Å²) >= 11 is 0. The third kappa shape index (κ3) is 13.5. The molecule has 0 spiro atoms. The van der Waals surface area contributed by atoms with Crippen LogP contribution in [-0.2, 0) is 37.7 Å². The highest BCUT2D eigenvalue weighted by Gasteiger charge is 2.21. The third-order valence-electron chi connectivity index (χ3n) is 7.30. The summed E-state index contributed by atoms with van der Waals surface area (Å²) in [6, 6.07) is 17.9. The Labute approximate surface area is 298 Å². The van der Waals surface area contributed by atoms with Crippen LogP contribution in [0.1, 0.15) is 67.7 Å². The van der Waals surface area contributed by atoms with E-state index >= 15 is 0 Å². The first kappa shape index (κ1) is 40.2. The summed E-state index contributed by atoms with van der Waals surface area (Å²) in [5.41, 5.74) is 9.40. The molecule has 274 valence electrons. The number of rotatable bonds is 15. The van der Waals surface area contributed by atoms with Crippen molar-refractivity contribution in [3.05, 3.63) is 83.8 Å². The van der Waals surface area contributed by atoms with Crippen LogP contribution in [0, 0.1) is 0 Å². The van der Waals surface area contributed by atoms with Gasteiger partial charge in [-0.1, -0.05) is 32.3 Å². The number of nitrogens with zero attached hydrogens (tertiary/aromatic N) is 5. The molecule has 14 nitrogen and oxygen atoms in total. The van der Waals surface area contributed by atoms with Gasteiger partial charge in [-0.15, -0.1) is 0 Å². The molecule has 0 aliphatic heterocycles. The van der Waals surface area contributed by atoms with Gasteiger partial charge in [0.15, 0.2) is 0 Å². The van der Waals surface area contributed by atoms with Gasteiger partial charge >= 0.3 is 12.1 Å². The minimum absolute atomic E-state index is 0.0455. The van der Waals surface area contributed by atoms with Gasteiger partial charge in [-0.2, -0.15) is 4.99 Å². The Morgan fingerprint density at radius 3 is 2.39 bits per heavy atom. The lowest BCUT2D eigenvalue weighted by Gasteiger charge is -2.21. The number of ether oxygens (including phenoxy) is 2. The van der Waals surface area contributed by atoms with Crippen molar-refractivity contribution in [2.45, 2.75) is 52.5 Å². The number of carbonyl (C=O) groups excluding carboxylic acids is 3. The van der Waals surface area contributed by atoms with E-state index in [-0.39, 0.29) is 37.3 Å². The first-order valence-electron chi connectivity index (χ1n) is 16.5. The molecule has 4 aromatic rings. The lowest BCUT2D eigenvalue weighted by molar-refractivity contribution is -0.142. The normalized spacial score (nSPS) is 12.3. The zero-order valence-corrected chi connectivity index (χ0v) is 30.4. The summed E-state index contributed by atoms with van der Waals surface area (Å²) in [5.74, 6) is 3.47. The lowest BCUT2D eigenvalue weighted by Crippen LogP contribution is -2.34. The third-order valence-corrected chi connectivity index (χ3v) is 7.30. The average Bonchev–Trinajstić information content (AvgIpc) is 3.41. The molecular weight excluding hydrogens is 675 g/mol. The predicted octanol–water partition coefficient (Wildman–Crippen LogP) is 5.41. The maximum Gasteiger partial charge on any atom is 0.435 e. The summed E-state index contributed by atoms with van der Waals surface area (Å²) in [4.78, 5) is 52.0. The van der Waals surface area contributed by atoms with Crippen LogP contribution in [0.2, 0.25) is 0 Å². The van der Waals surface area contributed by atoms with Crippen molar-refractivity contribution < 1.29 is 32.6 Å². The second-order valence-corrected chi connectivity index (χ2v) is 13.5. The number of imidazole rings is 1. The van der Waals surface area contributed by atoms with E-state index < -0.39 is 15.9 Å². The summed E-state index contributed by atoms with van der Waals surface area (Å²) in [7, 11) is -0.753. The van der Waals surface area contributed by atoms with Crippen molar-refractivity contribution in [3.8, 4) is 0 Å². The first-order valence-corrected chi connectivity index (χ1v) is 18.6. The lowest BCUT2D eigenvalue weighted by atomic mass is 10.1. The number of unbranched alkanes of at least 4 members (excludes halogenated alkanes) is 3. The number of esters is 1. The second kappa shape index (κ2) is 19.8. The van der Waals surface area contributed by atoms with Crippen LogP contribution in [0.15, 0.2) is 71.9 Å².